The number of nitrogens with zero attached hydrogens (tertiary/aromatic N) is 1. The number of anilines is 1. The van der Waals surface area contributed by atoms with Crippen LogP contribution < -0.4 is 5.32 Å². The molecule has 80 valence electrons. The van der Waals surface area contributed by atoms with E-state index in [0.717, 1.165) is 0 Å². The summed E-state index contributed by atoms with van der Waals surface area (Å²) in [5, 5.41) is 13.1. The van der Waals surface area contributed by atoms with Crippen LogP contribution in [0, 0.1) is 10.1 Å². The first kappa shape index (κ1) is 11.6. The van der Waals surface area contributed by atoms with Gasteiger partial charge in [-0.05, 0) is 28.1 Å². The lowest BCUT2D eigenvalue weighted by molar-refractivity contribution is -0.385. The number of benzene rings is 1. The molecule has 0 aliphatic rings. The summed E-state index contributed by atoms with van der Waals surface area (Å²) in [5.41, 5.74) is 0.362. The van der Waals surface area contributed by atoms with E-state index in [-0.39, 0.29) is 11.6 Å². The van der Waals surface area contributed by atoms with E-state index in [9.17, 15) is 14.9 Å². The van der Waals surface area contributed by atoms with Gasteiger partial charge in [0.15, 0.2) is 0 Å². The van der Waals surface area contributed by atoms with E-state index in [0.29, 0.717) is 16.6 Å². The number of carbonyl (C=O) groups is 1. The van der Waals surface area contributed by atoms with Gasteiger partial charge in [-0.1, -0.05) is 6.92 Å². The van der Waals surface area contributed by atoms with Crippen LogP contribution in [0.3, 0.4) is 0 Å². The second kappa shape index (κ2) is 4.88. The smallest absolute Gasteiger partial charge is 0.285 e. The maximum atomic E-state index is 11.1. The van der Waals surface area contributed by atoms with E-state index in [2.05, 4.69) is 21.2 Å². The van der Waals surface area contributed by atoms with Crippen molar-refractivity contribution in [3.05, 3.63) is 32.8 Å². The van der Waals surface area contributed by atoms with E-state index in [1.165, 1.54) is 12.1 Å². The summed E-state index contributed by atoms with van der Waals surface area (Å²) in [7, 11) is 0. The van der Waals surface area contributed by atoms with Crippen molar-refractivity contribution in [2.75, 3.05) is 5.32 Å². The maximum absolute atomic E-state index is 11.1. The quantitative estimate of drug-likeness (QED) is 0.679. The van der Waals surface area contributed by atoms with E-state index in [1.807, 2.05) is 0 Å². The molecule has 1 rings (SSSR count). The Morgan fingerprint density at radius 3 is 2.80 bits per heavy atom. The molecular formula is C9H9BrN2O3. The van der Waals surface area contributed by atoms with Crippen LogP contribution in [0.15, 0.2) is 22.7 Å². The highest BCUT2D eigenvalue weighted by atomic mass is 79.9. The molecule has 1 N–H and O–H groups in total. The Hall–Kier alpha value is -1.43. The van der Waals surface area contributed by atoms with Crippen molar-refractivity contribution in [3.63, 3.8) is 0 Å². The lowest BCUT2D eigenvalue weighted by Crippen LogP contribution is -2.09. The molecule has 0 bridgehead atoms. The maximum Gasteiger partial charge on any atom is 0.285 e. The minimum Gasteiger partial charge on any atom is -0.326 e. The highest BCUT2D eigenvalue weighted by Gasteiger charge is 2.12. The molecule has 0 aliphatic carbocycles. The second-order valence-electron chi connectivity index (χ2n) is 2.83. The first-order chi connectivity index (χ1) is 7.04. The molecule has 0 radical (unpaired) electrons. The van der Waals surface area contributed by atoms with Crippen LogP contribution in [-0.2, 0) is 4.79 Å². The predicted octanol–water partition coefficient (Wildman–Crippen LogP) is 2.71. The summed E-state index contributed by atoms with van der Waals surface area (Å²) in [4.78, 5) is 21.1. The van der Waals surface area contributed by atoms with Gasteiger partial charge in [0.05, 0.1) is 9.40 Å². The molecule has 0 heterocycles. The van der Waals surface area contributed by atoms with Gasteiger partial charge in [0, 0.05) is 18.2 Å². The minimum atomic E-state index is -0.508. The molecule has 0 atom stereocenters. The number of nitrogens with one attached hydrogen (secondary N) is 1. The molecular weight excluding hydrogens is 264 g/mol. The second-order valence-corrected chi connectivity index (χ2v) is 3.68. The minimum absolute atomic E-state index is 0.0658. The molecule has 0 spiro atoms. The Bertz CT molecular complexity index is 406. The lowest BCUT2D eigenvalue weighted by atomic mass is 10.2. The largest absolute Gasteiger partial charge is 0.326 e. The van der Waals surface area contributed by atoms with E-state index in [4.69, 9.17) is 0 Å². The zero-order valence-electron chi connectivity index (χ0n) is 7.99. The standard InChI is InChI=1S/C9H9BrN2O3/c1-2-9(13)11-6-3-4-7(10)8(5-6)12(14)15/h3-5H,2H2,1H3,(H,11,13). The fraction of sp³-hybridized carbons (Fsp3) is 0.222. The summed E-state index contributed by atoms with van der Waals surface area (Å²) in [6.45, 7) is 1.71. The number of halogens is 1. The van der Waals surface area contributed by atoms with Gasteiger partial charge < -0.3 is 5.32 Å². The Morgan fingerprint density at radius 2 is 2.27 bits per heavy atom. The zero-order chi connectivity index (χ0) is 11.4. The molecule has 0 aliphatic heterocycles. The first-order valence-corrected chi connectivity index (χ1v) is 5.07. The number of hydrogen-bond acceptors (Lipinski definition) is 3. The Balaban J connectivity index is 2.97. The number of nitro benzene ring substituents is 1. The molecule has 0 unspecified atom stereocenters. The molecule has 1 amide bonds. The molecule has 5 nitrogen and oxygen atoms in total. The Labute approximate surface area is 94.8 Å². The van der Waals surface area contributed by atoms with Gasteiger partial charge >= 0.3 is 0 Å². The van der Waals surface area contributed by atoms with Gasteiger partial charge in [-0.3, -0.25) is 14.9 Å². The topological polar surface area (TPSA) is 72.2 Å². The monoisotopic (exact) mass is 272 g/mol. The third-order valence-corrected chi connectivity index (χ3v) is 2.42. The number of amides is 1. The summed E-state index contributed by atoms with van der Waals surface area (Å²) in [5.74, 6) is -0.174. The number of hydrogen-bond donors (Lipinski definition) is 1. The average Bonchev–Trinajstić information content (AvgIpc) is 2.20. The van der Waals surface area contributed by atoms with Crippen molar-refractivity contribution >= 4 is 33.2 Å². The zero-order valence-corrected chi connectivity index (χ0v) is 9.58. The van der Waals surface area contributed by atoms with Crippen LogP contribution in [-0.4, -0.2) is 10.8 Å². The Kier molecular flexibility index (Phi) is 3.79. The van der Waals surface area contributed by atoms with Gasteiger partial charge in [-0.2, -0.15) is 0 Å². The van der Waals surface area contributed by atoms with Gasteiger partial charge in [0.2, 0.25) is 5.91 Å². The fourth-order valence-electron chi connectivity index (χ4n) is 0.980. The highest BCUT2D eigenvalue weighted by molar-refractivity contribution is 9.10. The van der Waals surface area contributed by atoms with Crippen LogP contribution in [0.1, 0.15) is 13.3 Å². The fourth-order valence-corrected chi connectivity index (χ4v) is 1.37. The summed E-state index contributed by atoms with van der Waals surface area (Å²) in [6.07, 6.45) is 0.337. The van der Waals surface area contributed by atoms with Crippen molar-refractivity contribution in [2.24, 2.45) is 0 Å². The SMILES string of the molecule is CCC(=O)Nc1ccc(Br)c([N+](=O)[O-])c1. The van der Waals surface area contributed by atoms with Gasteiger partial charge in [-0.25, -0.2) is 0 Å². The van der Waals surface area contributed by atoms with Crippen LogP contribution in [0.4, 0.5) is 11.4 Å². The highest BCUT2D eigenvalue weighted by Crippen LogP contribution is 2.27. The van der Waals surface area contributed by atoms with Crippen LogP contribution in [0.25, 0.3) is 0 Å². The van der Waals surface area contributed by atoms with Gasteiger partial charge in [-0.15, -0.1) is 0 Å². The van der Waals surface area contributed by atoms with Crippen molar-refractivity contribution in [1.82, 2.24) is 0 Å². The van der Waals surface area contributed by atoms with Crippen LogP contribution in [0.2, 0.25) is 0 Å². The van der Waals surface area contributed by atoms with Crippen molar-refractivity contribution in [1.29, 1.82) is 0 Å². The number of nitro groups is 1. The lowest BCUT2D eigenvalue weighted by Gasteiger charge is -2.03. The van der Waals surface area contributed by atoms with Gasteiger partial charge in [0.25, 0.3) is 5.69 Å². The first-order valence-electron chi connectivity index (χ1n) is 4.28. The summed E-state index contributed by atoms with van der Waals surface area (Å²) in [6, 6.07) is 4.45. The number of carbonyl (C=O) groups excluding carboxylic acids is 1. The van der Waals surface area contributed by atoms with E-state index in [1.54, 1.807) is 13.0 Å². The predicted molar refractivity (Wildman–Crippen MR) is 59.7 cm³/mol. The van der Waals surface area contributed by atoms with E-state index < -0.39 is 4.92 Å². The molecule has 0 saturated heterocycles. The Morgan fingerprint density at radius 1 is 1.60 bits per heavy atom. The average molecular weight is 273 g/mol. The molecule has 6 heteroatoms. The molecule has 0 saturated carbocycles. The van der Waals surface area contributed by atoms with Gasteiger partial charge in [0.1, 0.15) is 0 Å². The summed E-state index contributed by atoms with van der Waals surface area (Å²) >= 11 is 3.06. The molecule has 0 aromatic heterocycles. The normalized spacial score (nSPS) is 9.73. The van der Waals surface area contributed by atoms with Crippen molar-refractivity contribution in [2.45, 2.75) is 13.3 Å². The third kappa shape index (κ3) is 3.02. The molecule has 0 fully saturated rings. The number of rotatable bonds is 3. The van der Waals surface area contributed by atoms with Crippen molar-refractivity contribution in [3.8, 4) is 0 Å². The summed E-state index contributed by atoms with van der Waals surface area (Å²) < 4.78 is 0.391. The van der Waals surface area contributed by atoms with Crippen LogP contribution >= 0.6 is 15.9 Å². The molecule has 1 aromatic carbocycles. The van der Waals surface area contributed by atoms with E-state index >= 15 is 0 Å². The molecule has 1 aromatic rings. The van der Waals surface area contributed by atoms with Crippen LogP contribution in [0.5, 0.6) is 0 Å². The molecule has 15 heavy (non-hydrogen) atoms. The van der Waals surface area contributed by atoms with Crippen molar-refractivity contribution < 1.29 is 9.72 Å². The third-order valence-electron chi connectivity index (χ3n) is 1.75.